The molecule has 2 heterocycles. The van der Waals surface area contributed by atoms with Gasteiger partial charge in [-0.05, 0) is 37.3 Å². The molecule has 2 rings (SSSR count). The van der Waals surface area contributed by atoms with Crippen LogP contribution in [-0.4, -0.2) is 29.8 Å². The van der Waals surface area contributed by atoms with E-state index in [4.69, 9.17) is 10.4 Å². The van der Waals surface area contributed by atoms with Crippen LogP contribution < -0.4 is 4.90 Å². The van der Waals surface area contributed by atoms with Gasteiger partial charge in [-0.15, -0.1) is 0 Å². The molecule has 0 aromatic carbocycles. The van der Waals surface area contributed by atoms with E-state index in [1.807, 2.05) is 12.1 Å². The second kappa shape index (κ2) is 5.65. The molecule has 0 radical (unpaired) electrons. The molecular formula is C13H17N3O. The van der Waals surface area contributed by atoms with E-state index in [1.54, 1.807) is 6.07 Å². The summed E-state index contributed by atoms with van der Waals surface area (Å²) in [7, 11) is 0. The molecule has 1 saturated heterocycles. The van der Waals surface area contributed by atoms with E-state index >= 15 is 0 Å². The summed E-state index contributed by atoms with van der Waals surface area (Å²) in [6.07, 6.45) is 3.16. The molecule has 1 atom stereocenters. The normalized spacial score (nSPS) is 20.0. The van der Waals surface area contributed by atoms with Gasteiger partial charge in [0.05, 0.1) is 0 Å². The Morgan fingerprint density at radius 2 is 2.41 bits per heavy atom. The van der Waals surface area contributed by atoms with Crippen molar-refractivity contribution in [1.82, 2.24) is 4.98 Å². The average molecular weight is 231 g/mol. The summed E-state index contributed by atoms with van der Waals surface area (Å²) in [5.41, 5.74) is 0.465. The molecule has 1 N–H and O–H groups in total. The van der Waals surface area contributed by atoms with Crippen molar-refractivity contribution in [2.75, 3.05) is 24.6 Å². The largest absolute Gasteiger partial charge is 0.396 e. The number of piperidine rings is 1. The van der Waals surface area contributed by atoms with Crippen molar-refractivity contribution in [2.24, 2.45) is 5.92 Å². The molecule has 1 aliphatic heterocycles. The fourth-order valence-corrected chi connectivity index (χ4v) is 2.35. The maximum Gasteiger partial charge on any atom is 0.142 e. The smallest absolute Gasteiger partial charge is 0.142 e. The fourth-order valence-electron chi connectivity index (χ4n) is 2.35. The highest BCUT2D eigenvalue weighted by atomic mass is 16.3. The molecule has 17 heavy (non-hydrogen) atoms. The molecule has 4 nitrogen and oxygen atoms in total. The molecule has 0 bridgehead atoms. The number of aliphatic hydroxyl groups is 1. The Bertz CT molecular complexity index is 411. The van der Waals surface area contributed by atoms with Crippen molar-refractivity contribution < 1.29 is 5.11 Å². The third kappa shape index (κ3) is 2.95. The van der Waals surface area contributed by atoms with Crippen LogP contribution in [0, 0.1) is 17.2 Å². The van der Waals surface area contributed by atoms with Gasteiger partial charge in [0, 0.05) is 19.7 Å². The Labute approximate surface area is 102 Å². The zero-order valence-corrected chi connectivity index (χ0v) is 9.84. The average Bonchev–Trinajstić information content (AvgIpc) is 2.40. The third-order valence-corrected chi connectivity index (χ3v) is 3.23. The van der Waals surface area contributed by atoms with Crippen LogP contribution in [0.1, 0.15) is 25.0 Å². The molecule has 0 aliphatic carbocycles. The Balaban J connectivity index is 2.08. The van der Waals surface area contributed by atoms with Gasteiger partial charge in [-0.3, -0.25) is 0 Å². The number of rotatable bonds is 3. The lowest BCUT2D eigenvalue weighted by atomic mass is 9.95. The number of aliphatic hydroxyl groups excluding tert-OH is 1. The van der Waals surface area contributed by atoms with E-state index in [-0.39, 0.29) is 6.61 Å². The van der Waals surface area contributed by atoms with Crippen molar-refractivity contribution >= 4 is 5.82 Å². The lowest BCUT2D eigenvalue weighted by molar-refractivity contribution is 0.244. The van der Waals surface area contributed by atoms with Crippen LogP contribution in [0.3, 0.4) is 0 Å². The Kier molecular flexibility index (Phi) is 3.94. The van der Waals surface area contributed by atoms with Gasteiger partial charge in [-0.2, -0.15) is 5.26 Å². The molecule has 1 fully saturated rings. The molecule has 0 amide bonds. The summed E-state index contributed by atoms with van der Waals surface area (Å²) >= 11 is 0. The van der Waals surface area contributed by atoms with Crippen molar-refractivity contribution in [2.45, 2.75) is 19.3 Å². The Morgan fingerprint density at radius 3 is 3.18 bits per heavy atom. The summed E-state index contributed by atoms with van der Waals surface area (Å²) in [6.45, 7) is 2.18. The topological polar surface area (TPSA) is 60.2 Å². The number of pyridine rings is 1. The number of aromatic nitrogens is 1. The first-order valence-corrected chi connectivity index (χ1v) is 6.06. The first-order valence-electron chi connectivity index (χ1n) is 6.06. The van der Waals surface area contributed by atoms with Gasteiger partial charge < -0.3 is 10.0 Å². The fraction of sp³-hybridized carbons (Fsp3) is 0.538. The summed E-state index contributed by atoms with van der Waals surface area (Å²) in [4.78, 5) is 6.52. The molecule has 0 saturated carbocycles. The van der Waals surface area contributed by atoms with Gasteiger partial charge >= 0.3 is 0 Å². The first-order chi connectivity index (χ1) is 8.33. The minimum atomic E-state index is 0.254. The SMILES string of the molecule is N#Cc1cccc(N2CCCC(CCO)C2)n1. The lowest BCUT2D eigenvalue weighted by Gasteiger charge is -2.33. The quantitative estimate of drug-likeness (QED) is 0.857. The van der Waals surface area contributed by atoms with Crippen LogP contribution in [0.4, 0.5) is 5.82 Å². The zero-order chi connectivity index (χ0) is 12.1. The van der Waals surface area contributed by atoms with Crippen LogP contribution in [0.15, 0.2) is 18.2 Å². The molecule has 90 valence electrons. The third-order valence-electron chi connectivity index (χ3n) is 3.23. The summed E-state index contributed by atoms with van der Waals surface area (Å²) < 4.78 is 0. The monoisotopic (exact) mass is 231 g/mol. The molecular weight excluding hydrogens is 214 g/mol. The summed E-state index contributed by atoms with van der Waals surface area (Å²) in [6, 6.07) is 7.60. The minimum Gasteiger partial charge on any atom is -0.396 e. The van der Waals surface area contributed by atoms with Gasteiger partial charge in [0.25, 0.3) is 0 Å². The van der Waals surface area contributed by atoms with E-state index < -0.39 is 0 Å². The second-order valence-electron chi connectivity index (χ2n) is 4.46. The number of anilines is 1. The molecule has 1 aliphatic rings. The number of nitriles is 1. The Morgan fingerprint density at radius 1 is 1.53 bits per heavy atom. The van der Waals surface area contributed by atoms with Crippen molar-refractivity contribution in [3.8, 4) is 6.07 Å². The van der Waals surface area contributed by atoms with E-state index in [2.05, 4.69) is 16.0 Å². The molecule has 1 aromatic rings. The molecule has 4 heteroatoms. The van der Waals surface area contributed by atoms with Gasteiger partial charge in [-0.1, -0.05) is 6.07 Å². The van der Waals surface area contributed by atoms with Gasteiger partial charge in [-0.25, -0.2) is 4.98 Å². The molecule has 0 spiro atoms. The second-order valence-corrected chi connectivity index (χ2v) is 4.46. The first kappa shape index (κ1) is 11.9. The Hall–Kier alpha value is -1.60. The minimum absolute atomic E-state index is 0.254. The maximum atomic E-state index is 8.98. The van der Waals surface area contributed by atoms with Crippen molar-refractivity contribution in [1.29, 1.82) is 5.26 Å². The highest BCUT2D eigenvalue weighted by Gasteiger charge is 2.20. The van der Waals surface area contributed by atoms with E-state index in [0.717, 1.165) is 31.7 Å². The summed E-state index contributed by atoms with van der Waals surface area (Å²) in [5, 5.41) is 17.8. The number of hydrogen-bond donors (Lipinski definition) is 1. The maximum absolute atomic E-state index is 8.98. The van der Waals surface area contributed by atoms with Crippen LogP contribution in [0.25, 0.3) is 0 Å². The van der Waals surface area contributed by atoms with E-state index in [1.165, 1.54) is 6.42 Å². The van der Waals surface area contributed by atoms with Gasteiger partial charge in [0.2, 0.25) is 0 Å². The highest BCUT2D eigenvalue weighted by Crippen LogP contribution is 2.23. The van der Waals surface area contributed by atoms with Crippen LogP contribution in [0.5, 0.6) is 0 Å². The van der Waals surface area contributed by atoms with Gasteiger partial charge in [0.1, 0.15) is 17.6 Å². The number of hydrogen-bond acceptors (Lipinski definition) is 4. The van der Waals surface area contributed by atoms with Crippen LogP contribution in [-0.2, 0) is 0 Å². The van der Waals surface area contributed by atoms with E-state index in [0.29, 0.717) is 11.6 Å². The van der Waals surface area contributed by atoms with E-state index in [9.17, 15) is 0 Å². The van der Waals surface area contributed by atoms with Gasteiger partial charge in [0.15, 0.2) is 0 Å². The summed E-state index contributed by atoms with van der Waals surface area (Å²) in [5.74, 6) is 1.42. The predicted octanol–water partition coefficient (Wildman–Crippen LogP) is 1.55. The van der Waals surface area contributed by atoms with Crippen LogP contribution in [0.2, 0.25) is 0 Å². The highest BCUT2D eigenvalue weighted by molar-refractivity contribution is 5.41. The van der Waals surface area contributed by atoms with Crippen molar-refractivity contribution in [3.05, 3.63) is 23.9 Å². The van der Waals surface area contributed by atoms with Crippen LogP contribution >= 0.6 is 0 Å². The molecule has 1 unspecified atom stereocenters. The molecule has 1 aromatic heterocycles. The number of nitrogens with zero attached hydrogens (tertiary/aromatic N) is 3. The lowest BCUT2D eigenvalue weighted by Crippen LogP contribution is -2.36. The standard InChI is InChI=1S/C13H17N3O/c14-9-12-4-1-5-13(15-12)16-7-2-3-11(10-16)6-8-17/h1,4-5,11,17H,2-3,6-8,10H2. The van der Waals surface area contributed by atoms with Crippen molar-refractivity contribution in [3.63, 3.8) is 0 Å². The predicted molar refractivity (Wildman–Crippen MR) is 65.6 cm³/mol. The zero-order valence-electron chi connectivity index (χ0n) is 9.84.